The van der Waals surface area contributed by atoms with Crippen LogP contribution in [0.2, 0.25) is 0 Å². The number of nitrogens with one attached hydrogen (secondary N) is 1. The summed E-state index contributed by atoms with van der Waals surface area (Å²) in [4.78, 5) is 7.85. The average molecular weight is 210 g/mol. The summed E-state index contributed by atoms with van der Waals surface area (Å²) in [7, 11) is 0. The van der Waals surface area contributed by atoms with Crippen LogP contribution in [0.4, 0.5) is 0 Å². The van der Waals surface area contributed by atoms with Gasteiger partial charge in [0.05, 0.1) is 30.9 Å². The largest absolute Gasteiger partial charge is 0.395 e. The van der Waals surface area contributed by atoms with Crippen LogP contribution in [0.1, 0.15) is 37.0 Å². The molecule has 1 aliphatic rings. The lowest BCUT2D eigenvalue weighted by atomic mass is 9.86. The number of aromatic nitrogens is 2. The summed E-state index contributed by atoms with van der Waals surface area (Å²) in [5.41, 5.74) is 1.90. The Labute approximate surface area is 89.7 Å². The Morgan fingerprint density at radius 2 is 2.20 bits per heavy atom. The summed E-state index contributed by atoms with van der Waals surface area (Å²) in [5.74, 6) is 1.28. The molecule has 0 atom stereocenters. The van der Waals surface area contributed by atoms with Crippen LogP contribution < -0.4 is 0 Å². The van der Waals surface area contributed by atoms with Crippen LogP contribution >= 0.6 is 0 Å². The zero-order chi connectivity index (χ0) is 11.1. The zero-order valence-corrected chi connectivity index (χ0v) is 9.50. The van der Waals surface area contributed by atoms with Crippen molar-refractivity contribution in [2.24, 2.45) is 0 Å². The molecule has 1 aliphatic heterocycles. The summed E-state index contributed by atoms with van der Waals surface area (Å²) < 4.78 is 5.17. The first-order chi connectivity index (χ1) is 7.09. The van der Waals surface area contributed by atoms with Crippen molar-refractivity contribution in [1.29, 1.82) is 0 Å². The molecule has 84 valence electrons. The van der Waals surface area contributed by atoms with Gasteiger partial charge in [-0.3, -0.25) is 0 Å². The van der Waals surface area contributed by atoms with Crippen LogP contribution in [0.5, 0.6) is 0 Å². The minimum Gasteiger partial charge on any atom is -0.395 e. The number of H-pyrrole nitrogens is 1. The smallest absolute Gasteiger partial charge is 0.119 e. The van der Waals surface area contributed by atoms with Gasteiger partial charge in [-0.2, -0.15) is 0 Å². The van der Waals surface area contributed by atoms with E-state index >= 15 is 0 Å². The highest BCUT2D eigenvalue weighted by Crippen LogP contribution is 2.31. The lowest BCUT2D eigenvalue weighted by molar-refractivity contribution is -0.0881. The molecule has 0 bridgehead atoms. The van der Waals surface area contributed by atoms with E-state index in [0.29, 0.717) is 19.1 Å². The maximum Gasteiger partial charge on any atom is 0.119 e. The molecule has 1 aromatic heterocycles. The molecular formula is C11H18N2O2. The maximum atomic E-state index is 9.39. The van der Waals surface area contributed by atoms with Gasteiger partial charge in [0.1, 0.15) is 5.82 Å². The Bertz CT molecular complexity index is 348. The van der Waals surface area contributed by atoms with Crippen molar-refractivity contribution in [2.45, 2.75) is 32.1 Å². The first-order valence-corrected chi connectivity index (χ1v) is 5.34. The number of imidazole rings is 1. The molecular weight excluding hydrogens is 192 g/mol. The highest BCUT2D eigenvalue weighted by atomic mass is 16.5. The van der Waals surface area contributed by atoms with Crippen molar-refractivity contribution in [3.63, 3.8) is 0 Å². The van der Waals surface area contributed by atoms with Crippen molar-refractivity contribution in [1.82, 2.24) is 9.97 Å². The van der Waals surface area contributed by atoms with Crippen molar-refractivity contribution in [2.75, 3.05) is 19.8 Å². The van der Waals surface area contributed by atoms with Crippen LogP contribution in [0.15, 0.2) is 0 Å². The van der Waals surface area contributed by atoms with Gasteiger partial charge in [-0.25, -0.2) is 4.98 Å². The summed E-state index contributed by atoms with van der Waals surface area (Å²) in [5, 5.41) is 9.39. The van der Waals surface area contributed by atoms with Gasteiger partial charge in [-0.05, 0) is 12.8 Å². The summed E-state index contributed by atoms with van der Waals surface area (Å²) in [6, 6.07) is 0. The second-order valence-electron chi connectivity index (χ2n) is 4.68. The molecule has 0 amide bonds. The first kappa shape index (κ1) is 10.6. The zero-order valence-electron chi connectivity index (χ0n) is 9.50. The minimum absolute atomic E-state index is 0.0947. The van der Waals surface area contributed by atoms with Gasteiger partial charge in [0, 0.05) is 5.69 Å². The van der Waals surface area contributed by atoms with E-state index in [9.17, 15) is 5.11 Å². The molecule has 0 aliphatic carbocycles. The monoisotopic (exact) mass is 210 g/mol. The number of ether oxygens (including phenoxy) is 1. The Morgan fingerprint density at radius 1 is 1.53 bits per heavy atom. The van der Waals surface area contributed by atoms with Crippen molar-refractivity contribution in [3.8, 4) is 0 Å². The number of aromatic amines is 1. The number of hydrogen-bond donors (Lipinski definition) is 2. The van der Waals surface area contributed by atoms with E-state index in [0.717, 1.165) is 17.2 Å². The minimum atomic E-state index is -0.280. The van der Waals surface area contributed by atoms with E-state index in [1.165, 1.54) is 0 Å². The highest BCUT2D eigenvalue weighted by molar-refractivity contribution is 5.23. The van der Waals surface area contributed by atoms with E-state index in [-0.39, 0.29) is 12.0 Å². The summed E-state index contributed by atoms with van der Waals surface area (Å²) >= 11 is 0. The standard InChI is InChI=1S/C11H18N2O2/c1-7(2)9-8(3)12-10(13-9)11(4-14)5-15-6-11/h7,14H,4-6H2,1-3H3,(H,12,13). The molecule has 2 N–H and O–H groups in total. The Kier molecular flexibility index (Phi) is 2.56. The molecule has 0 unspecified atom stereocenters. The molecule has 0 aromatic carbocycles. The van der Waals surface area contributed by atoms with Gasteiger partial charge in [-0.15, -0.1) is 0 Å². The topological polar surface area (TPSA) is 58.1 Å². The average Bonchev–Trinajstić information content (AvgIpc) is 2.47. The second kappa shape index (κ2) is 3.61. The fraction of sp³-hybridized carbons (Fsp3) is 0.727. The van der Waals surface area contributed by atoms with Gasteiger partial charge in [0.15, 0.2) is 0 Å². The van der Waals surface area contributed by atoms with Gasteiger partial charge in [0.2, 0.25) is 0 Å². The lowest BCUT2D eigenvalue weighted by Crippen LogP contribution is -2.50. The molecule has 4 heteroatoms. The number of hydrogen-bond acceptors (Lipinski definition) is 3. The third-order valence-electron chi connectivity index (χ3n) is 3.03. The lowest BCUT2D eigenvalue weighted by Gasteiger charge is -2.37. The van der Waals surface area contributed by atoms with Crippen LogP contribution in [-0.2, 0) is 10.2 Å². The number of aliphatic hydroxyl groups excluding tert-OH is 1. The third kappa shape index (κ3) is 1.58. The number of aryl methyl sites for hydroxylation is 1. The predicted molar refractivity (Wildman–Crippen MR) is 57.0 cm³/mol. The molecule has 0 radical (unpaired) electrons. The molecule has 15 heavy (non-hydrogen) atoms. The van der Waals surface area contributed by atoms with Crippen LogP contribution in [-0.4, -0.2) is 34.9 Å². The van der Waals surface area contributed by atoms with Crippen LogP contribution in [0.3, 0.4) is 0 Å². The molecule has 1 saturated heterocycles. The molecule has 2 heterocycles. The number of rotatable bonds is 3. The summed E-state index contributed by atoms with van der Waals surface area (Å²) in [6.07, 6.45) is 0. The molecule has 2 rings (SSSR count). The molecule has 4 nitrogen and oxygen atoms in total. The SMILES string of the molecule is Cc1[nH]c(C2(CO)COC2)nc1C(C)C. The Morgan fingerprint density at radius 3 is 2.53 bits per heavy atom. The molecule has 1 fully saturated rings. The fourth-order valence-corrected chi connectivity index (χ4v) is 1.94. The van der Waals surface area contributed by atoms with Crippen molar-refractivity contribution >= 4 is 0 Å². The normalized spacial score (nSPS) is 19.3. The van der Waals surface area contributed by atoms with E-state index in [1.54, 1.807) is 0 Å². The van der Waals surface area contributed by atoms with Crippen LogP contribution in [0.25, 0.3) is 0 Å². The first-order valence-electron chi connectivity index (χ1n) is 5.34. The Balaban J connectivity index is 2.33. The van der Waals surface area contributed by atoms with Crippen molar-refractivity contribution in [3.05, 3.63) is 17.2 Å². The van der Waals surface area contributed by atoms with Gasteiger partial charge in [-0.1, -0.05) is 13.8 Å². The third-order valence-corrected chi connectivity index (χ3v) is 3.03. The van der Waals surface area contributed by atoms with Gasteiger partial charge >= 0.3 is 0 Å². The van der Waals surface area contributed by atoms with Crippen molar-refractivity contribution < 1.29 is 9.84 Å². The fourth-order valence-electron chi connectivity index (χ4n) is 1.94. The molecule has 0 spiro atoms. The van der Waals surface area contributed by atoms with E-state index in [4.69, 9.17) is 4.74 Å². The molecule has 0 saturated carbocycles. The van der Waals surface area contributed by atoms with Crippen LogP contribution in [0, 0.1) is 6.92 Å². The quantitative estimate of drug-likeness (QED) is 0.785. The second-order valence-corrected chi connectivity index (χ2v) is 4.68. The van der Waals surface area contributed by atoms with E-state index in [1.807, 2.05) is 6.92 Å². The maximum absolute atomic E-state index is 9.39. The van der Waals surface area contributed by atoms with E-state index < -0.39 is 0 Å². The molecule has 1 aromatic rings. The van der Waals surface area contributed by atoms with Gasteiger partial charge < -0.3 is 14.8 Å². The predicted octanol–water partition coefficient (Wildman–Crippen LogP) is 1.10. The van der Waals surface area contributed by atoms with Gasteiger partial charge in [0.25, 0.3) is 0 Å². The highest BCUT2D eigenvalue weighted by Gasteiger charge is 2.43. The number of aliphatic hydroxyl groups is 1. The summed E-state index contributed by atoms with van der Waals surface area (Å²) in [6.45, 7) is 7.49. The Hall–Kier alpha value is -0.870. The number of nitrogens with zero attached hydrogens (tertiary/aromatic N) is 1. The van der Waals surface area contributed by atoms with E-state index in [2.05, 4.69) is 23.8 Å².